The Morgan fingerprint density at radius 2 is 2.24 bits per heavy atom. The summed E-state index contributed by atoms with van der Waals surface area (Å²) in [7, 11) is 0. The zero-order chi connectivity index (χ0) is 14.8. The van der Waals surface area contributed by atoms with Crippen LogP contribution in [0.25, 0.3) is 11.3 Å². The highest BCUT2D eigenvalue weighted by Gasteiger charge is 2.29. The minimum atomic E-state index is 0.190. The molecule has 1 unspecified atom stereocenters. The number of nitrogens with zero attached hydrogens (tertiary/aromatic N) is 3. The van der Waals surface area contributed by atoms with Crippen LogP contribution in [0.2, 0.25) is 0 Å². The van der Waals surface area contributed by atoms with Gasteiger partial charge in [-0.05, 0) is 31.0 Å². The van der Waals surface area contributed by atoms with Gasteiger partial charge in [0.2, 0.25) is 5.91 Å². The number of carbonyl (C=O) groups is 1. The summed E-state index contributed by atoms with van der Waals surface area (Å²) >= 11 is 3.47. The third kappa shape index (κ3) is 2.97. The van der Waals surface area contributed by atoms with Crippen LogP contribution in [0.5, 0.6) is 0 Å². The van der Waals surface area contributed by atoms with Gasteiger partial charge in [0, 0.05) is 35.7 Å². The van der Waals surface area contributed by atoms with Gasteiger partial charge in [0.25, 0.3) is 0 Å². The van der Waals surface area contributed by atoms with E-state index in [1.54, 1.807) is 6.20 Å². The Kier molecular flexibility index (Phi) is 4.01. The van der Waals surface area contributed by atoms with Gasteiger partial charge in [-0.3, -0.25) is 4.79 Å². The van der Waals surface area contributed by atoms with Crippen molar-refractivity contribution < 1.29 is 4.79 Å². The summed E-state index contributed by atoms with van der Waals surface area (Å²) in [6.45, 7) is 2.65. The predicted octanol–water partition coefficient (Wildman–Crippen LogP) is 3.20. The monoisotopic (exact) mass is 345 g/mol. The number of anilines is 1. The number of alkyl halides is 1. The molecule has 108 valence electrons. The number of rotatable bonds is 3. The molecule has 1 aliphatic rings. The van der Waals surface area contributed by atoms with Crippen LogP contribution in [0.3, 0.4) is 0 Å². The van der Waals surface area contributed by atoms with Crippen LogP contribution in [-0.2, 0) is 4.79 Å². The molecule has 3 rings (SSSR count). The zero-order valence-corrected chi connectivity index (χ0v) is 13.4. The Balaban J connectivity index is 1.92. The van der Waals surface area contributed by atoms with E-state index >= 15 is 0 Å². The fraction of sp³-hybridized carbons (Fsp3) is 0.312. The number of aromatic nitrogens is 2. The quantitative estimate of drug-likeness (QED) is 0.802. The second-order valence-electron chi connectivity index (χ2n) is 5.27. The maximum absolute atomic E-state index is 12.1. The highest BCUT2D eigenvalue weighted by atomic mass is 79.9. The van der Waals surface area contributed by atoms with E-state index in [4.69, 9.17) is 0 Å². The molecule has 21 heavy (non-hydrogen) atoms. The molecule has 0 spiro atoms. The number of halogens is 1. The molecule has 0 bridgehead atoms. The summed E-state index contributed by atoms with van der Waals surface area (Å²) < 4.78 is 0. The van der Waals surface area contributed by atoms with E-state index in [1.165, 1.54) is 0 Å². The minimum absolute atomic E-state index is 0.190. The van der Waals surface area contributed by atoms with Gasteiger partial charge >= 0.3 is 0 Å². The minimum Gasteiger partial charge on any atom is -0.312 e. The summed E-state index contributed by atoms with van der Waals surface area (Å²) in [6.07, 6.45) is 2.37. The molecule has 4 nitrogen and oxygen atoms in total. The van der Waals surface area contributed by atoms with E-state index in [0.717, 1.165) is 34.6 Å². The molecular formula is C16H16BrN3O. The molecule has 1 amide bonds. The van der Waals surface area contributed by atoms with E-state index in [1.807, 2.05) is 42.2 Å². The van der Waals surface area contributed by atoms with Crippen LogP contribution in [-0.4, -0.2) is 27.7 Å². The van der Waals surface area contributed by atoms with E-state index < -0.39 is 0 Å². The lowest BCUT2D eigenvalue weighted by Gasteiger charge is -2.17. The maximum atomic E-state index is 12.1. The fourth-order valence-electron chi connectivity index (χ4n) is 2.58. The van der Waals surface area contributed by atoms with Crippen LogP contribution in [0.15, 0.2) is 36.5 Å². The van der Waals surface area contributed by atoms with Crippen LogP contribution in [0, 0.1) is 12.8 Å². The summed E-state index contributed by atoms with van der Waals surface area (Å²) in [5, 5.41) is 0.861. The lowest BCUT2D eigenvalue weighted by Crippen LogP contribution is -2.24. The summed E-state index contributed by atoms with van der Waals surface area (Å²) in [4.78, 5) is 22.5. The number of amides is 1. The van der Waals surface area contributed by atoms with Crippen LogP contribution >= 0.6 is 15.9 Å². The van der Waals surface area contributed by atoms with Crippen molar-refractivity contribution in [3.8, 4) is 11.3 Å². The number of benzene rings is 1. The van der Waals surface area contributed by atoms with Crippen molar-refractivity contribution in [1.29, 1.82) is 0 Å². The first-order valence-electron chi connectivity index (χ1n) is 6.94. The molecule has 2 heterocycles. The molecular weight excluding hydrogens is 330 g/mol. The molecule has 0 radical (unpaired) electrons. The second kappa shape index (κ2) is 5.93. The molecule has 0 aliphatic carbocycles. The highest BCUT2D eigenvalue weighted by Crippen LogP contribution is 2.29. The lowest BCUT2D eigenvalue weighted by molar-refractivity contribution is -0.117. The number of carbonyl (C=O) groups excluding carboxylic acids is 1. The Morgan fingerprint density at radius 3 is 2.95 bits per heavy atom. The van der Waals surface area contributed by atoms with Crippen LogP contribution < -0.4 is 4.90 Å². The fourth-order valence-corrected chi connectivity index (χ4v) is 3.02. The van der Waals surface area contributed by atoms with Crippen molar-refractivity contribution >= 4 is 27.5 Å². The molecule has 0 saturated carbocycles. The summed E-state index contributed by atoms with van der Waals surface area (Å²) in [6, 6.07) is 9.87. The van der Waals surface area contributed by atoms with Crippen molar-refractivity contribution in [2.24, 2.45) is 5.92 Å². The molecule has 1 fully saturated rings. The largest absolute Gasteiger partial charge is 0.312 e. The van der Waals surface area contributed by atoms with Crippen LogP contribution in [0.4, 0.5) is 5.69 Å². The summed E-state index contributed by atoms with van der Waals surface area (Å²) in [5.74, 6) is 1.33. The van der Waals surface area contributed by atoms with Gasteiger partial charge in [-0.15, -0.1) is 0 Å². The van der Waals surface area contributed by atoms with E-state index in [-0.39, 0.29) is 5.91 Å². The zero-order valence-electron chi connectivity index (χ0n) is 11.8. The van der Waals surface area contributed by atoms with E-state index in [2.05, 4.69) is 25.9 Å². The van der Waals surface area contributed by atoms with Gasteiger partial charge < -0.3 is 4.90 Å². The smallest absolute Gasteiger partial charge is 0.227 e. The third-order valence-electron chi connectivity index (χ3n) is 3.65. The van der Waals surface area contributed by atoms with E-state index in [9.17, 15) is 4.79 Å². The Morgan fingerprint density at radius 1 is 1.38 bits per heavy atom. The van der Waals surface area contributed by atoms with Crippen molar-refractivity contribution in [2.75, 3.05) is 16.8 Å². The van der Waals surface area contributed by atoms with Gasteiger partial charge in [-0.25, -0.2) is 9.97 Å². The molecule has 1 aromatic carbocycles. The van der Waals surface area contributed by atoms with Crippen molar-refractivity contribution in [3.63, 3.8) is 0 Å². The van der Waals surface area contributed by atoms with Crippen molar-refractivity contribution in [2.45, 2.75) is 13.3 Å². The molecule has 0 N–H and O–H groups in total. The topological polar surface area (TPSA) is 46.1 Å². The van der Waals surface area contributed by atoms with Gasteiger partial charge in [0.1, 0.15) is 5.82 Å². The molecule has 1 aromatic heterocycles. The van der Waals surface area contributed by atoms with E-state index in [0.29, 0.717) is 12.3 Å². The van der Waals surface area contributed by atoms with Crippen LogP contribution in [0.1, 0.15) is 12.2 Å². The first kappa shape index (κ1) is 14.2. The second-order valence-corrected chi connectivity index (χ2v) is 5.92. The molecule has 1 saturated heterocycles. The van der Waals surface area contributed by atoms with Gasteiger partial charge in [0.05, 0.1) is 5.69 Å². The Bertz CT molecular complexity index is 674. The average Bonchev–Trinajstić information content (AvgIpc) is 2.89. The molecule has 1 aliphatic heterocycles. The van der Waals surface area contributed by atoms with Crippen molar-refractivity contribution in [3.05, 3.63) is 42.4 Å². The Labute approximate surface area is 132 Å². The molecule has 5 heteroatoms. The third-order valence-corrected chi connectivity index (χ3v) is 4.57. The number of aryl methyl sites for hydroxylation is 1. The lowest BCUT2D eigenvalue weighted by atomic mass is 10.1. The number of hydrogen-bond donors (Lipinski definition) is 0. The number of hydrogen-bond acceptors (Lipinski definition) is 3. The van der Waals surface area contributed by atoms with Crippen molar-refractivity contribution in [1.82, 2.24) is 9.97 Å². The normalized spacial score (nSPS) is 18.3. The summed E-state index contributed by atoms with van der Waals surface area (Å²) in [5.41, 5.74) is 2.83. The van der Waals surface area contributed by atoms with Gasteiger partial charge in [-0.1, -0.05) is 28.1 Å². The first-order chi connectivity index (χ1) is 10.2. The SMILES string of the molecule is Cc1nccc(-c2cccc(N3CC(CBr)CC3=O)c2)n1. The average molecular weight is 346 g/mol. The van der Waals surface area contributed by atoms with Gasteiger partial charge in [-0.2, -0.15) is 0 Å². The maximum Gasteiger partial charge on any atom is 0.227 e. The van der Waals surface area contributed by atoms with Gasteiger partial charge in [0.15, 0.2) is 0 Å². The molecule has 2 aromatic rings. The standard InChI is InChI=1S/C16H16BrN3O/c1-11-18-6-5-15(19-11)13-3-2-4-14(8-13)20-10-12(9-17)7-16(20)21/h2-6,8,12H,7,9-10H2,1H3. The highest BCUT2D eigenvalue weighted by molar-refractivity contribution is 9.09. The Hall–Kier alpha value is -1.75. The predicted molar refractivity (Wildman–Crippen MR) is 86.5 cm³/mol. The first-order valence-corrected chi connectivity index (χ1v) is 8.06. The molecule has 1 atom stereocenters.